The van der Waals surface area contributed by atoms with E-state index in [0.29, 0.717) is 11.1 Å². The molecule has 2 rings (SSSR count). The molecule has 0 fully saturated rings. The molecular formula is C13H12O5. The van der Waals surface area contributed by atoms with Gasteiger partial charge in [0.25, 0.3) is 0 Å². The van der Waals surface area contributed by atoms with Gasteiger partial charge in [0.05, 0.1) is 6.61 Å². The number of aliphatic hydroxyl groups is 1. The van der Waals surface area contributed by atoms with E-state index in [9.17, 15) is 9.90 Å². The highest BCUT2D eigenvalue weighted by molar-refractivity contribution is 5.91. The van der Waals surface area contributed by atoms with Crippen LogP contribution >= 0.6 is 0 Å². The summed E-state index contributed by atoms with van der Waals surface area (Å²) in [5, 5.41) is 19.1. The van der Waals surface area contributed by atoms with E-state index in [4.69, 9.17) is 14.3 Å². The monoisotopic (exact) mass is 248 g/mol. The van der Waals surface area contributed by atoms with Crippen LogP contribution in [-0.4, -0.2) is 23.4 Å². The highest BCUT2D eigenvalue weighted by atomic mass is 16.5. The zero-order valence-corrected chi connectivity index (χ0v) is 9.55. The zero-order valence-electron chi connectivity index (χ0n) is 9.55. The van der Waals surface area contributed by atoms with Crippen molar-refractivity contribution < 1.29 is 19.4 Å². The van der Waals surface area contributed by atoms with Gasteiger partial charge < -0.3 is 19.4 Å². The summed E-state index contributed by atoms with van der Waals surface area (Å²) in [5.74, 6) is 0.107. The molecule has 1 aromatic carbocycles. The van der Waals surface area contributed by atoms with Crippen LogP contribution in [0.1, 0.15) is 5.56 Å². The lowest BCUT2D eigenvalue weighted by Crippen LogP contribution is -2.05. The van der Waals surface area contributed by atoms with Crippen molar-refractivity contribution in [3.8, 4) is 11.5 Å². The molecule has 0 bridgehead atoms. The molecular weight excluding hydrogens is 236 g/mol. The Balaban J connectivity index is 2.74. The highest BCUT2D eigenvalue weighted by Gasteiger charge is 2.15. The Bertz CT molecular complexity index is 642. The van der Waals surface area contributed by atoms with Gasteiger partial charge in [-0.05, 0) is 12.1 Å². The summed E-state index contributed by atoms with van der Waals surface area (Å²) in [6.45, 7) is 3.38. The Morgan fingerprint density at radius 2 is 2.22 bits per heavy atom. The van der Waals surface area contributed by atoms with Gasteiger partial charge in [0.15, 0.2) is 0 Å². The van der Waals surface area contributed by atoms with Crippen LogP contribution in [0.3, 0.4) is 0 Å². The van der Waals surface area contributed by atoms with E-state index >= 15 is 0 Å². The lowest BCUT2D eigenvalue weighted by atomic mass is 10.1. The van der Waals surface area contributed by atoms with Crippen molar-refractivity contribution >= 4 is 17.0 Å². The van der Waals surface area contributed by atoms with Gasteiger partial charge in [0.1, 0.15) is 34.6 Å². The lowest BCUT2D eigenvalue weighted by molar-refractivity contribution is 0.202. The predicted octanol–water partition coefficient (Wildman–Crippen LogP) is 1.51. The van der Waals surface area contributed by atoms with Gasteiger partial charge in [-0.1, -0.05) is 18.7 Å². The molecule has 0 spiro atoms. The van der Waals surface area contributed by atoms with E-state index in [0.717, 1.165) is 0 Å². The van der Waals surface area contributed by atoms with E-state index in [-0.39, 0.29) is 30.1 Å². The van der Waals surface area contributed by atoms with E-state index in [1.807, 2.05) is 0 Å². The maximum absolute atomic E-state index is 11.5. The van der Waals surface area contributed by atoms with Crippen LogP contribution in [0.2, 0.25) is 0 Å². The summed E-state index contributed by atoms with van der Waals surface area (Å²) >= 11 is 0. The fraction of sp³-hybridized carbons (Fsp3) is 0.154. The van der Waals surface area contributed by atoms with Crippen LogP contribution in [-0.2, 0) is 0 Å². The number of benzene rings is 1. The molecule has 5 heteroatoms. The summed E-state index contributed by atoms with van der Waals surface area (Å²) in [6.07, 6.45) is 1.23. The number of fused-ring (bicyclic) bond motifs is 1. The maximum Gasteiger partial charge on any atom is 0.347 e. The molecule has 2 aromatic rings. The Kier molecular flexibility index (Phi) is 3.34. The van der Waals surface area contributed by atoms with Gasteiger partial charge in [0.2, 0.25) is 0 Å². The molecule has 2 N–H and O–H groups in total. The number of hydrogen-bond acceptors (Lipinski definition) is 5. The minimum atomic E-state index is -0.658. The van der Waals surface area contributed by atoms with Crippen LogP contribution in [0.25, 0.3) is 17.0 Å². The molecule has 1 heterocycles. The van der Waals surface area contributed by atoms with Crippen molar-refractivity contribution in [2.24, 2.45) is 0 Å². The molecule has 0 atom stereocenters. The number of aromatic hydroxyl groups is 1. The minimum Gasteiger partial charge on any atom is -0.506 e. The van der Waals surface area contributed by atoms with Crippen molar-refractivity contribution in [2.45, 2.75) is 0 Å². The molecule has 0 radical (unpaired) electrons. The summed E-state index contributed by atoms with van der Waals surface area (Å²) in [5.41, 5.74) is -0.449. The molecule has 94 valence electrons. The first-order valence-electron chi connectivity index (χ1n) is 5.34. The third kappa shape index (κ3) is 1.96. The second-order valence-electron chi connectivity index (χ2n) is 3.56. The fourth-order valence-corrected chi connectivity index (χ4v) is 1.67. The van der Waals surface area contributed by atoms with Gasteiger partial charge in [-0.25, -0.2) is 4.79 Å². The standard InChI is InChI=1S/C13H12O5/c1-2-8-12(15)11-9(17-7-6-14)4-3-5-10(11)18-13(8)16/h2-5,14-15H,1,6-7H2. The normalized spacial score (nSPS) is 10.5. The zero-order chi connectivity index (χ0) is 13.1. The third-order valence-electron chi connectivity index (χ3n) is 2.46. The maximum atomic E-state index is 11.5. The van der Waals surface area contributed by atoms with Crippen LogP contribution in [0, 0.1) is 0 Å². The highest BCUT2D eigenvalue weighted by Crippen LogP contribution is 2.34. The van der Waals surface area contributed by atoms with Crippen LogP contribution < -0.4 is 10.4 Å². The van der Waals surface area contributed by atoms with Crippen molar-refractivity contribution in [3.05, 3.63) is 40.8 Å². The van der Waals surface area contributed by atoms with Gasteiger partial charge >= 0.3 is 5.63 Å². The predicted molar refractivity (Wildman–Crippen MR) is 66.8 cm³/mol. The van der Waals surface area contributed by atoms with E-state index in [1.54, 1.807) is 18.2 Å². The second kappa shape index (κ2) is 4.93. The average molecular weight is 248 g/mol. The first-order valence-corrected chi connectivity index (χ1v) is 5.34. The minimum absolute atomic E-state index is 0.0115. The first-order chi connectivity index (χ1) is 8.69. The van der Waals surface area contributed by atoms with Crippen molar-refractivity contribution in [1.29, 1.82) is 0 Å². The molecule has 0 aliphatic rings. The van der Waals surface area contributed by atoms with Crippen LogP contribution in [0.15, 0.2) is 34.0 Å². The molecule has 18 heavy (non-hydrogen) atoms. The number of rotatable bonds is 4. The summed E-state index contributed by atoms with van der Waals surface area (Å²) in [6, 6.07) is 4.80. The van der Waals surface area contributed by atoms with Gasteiger partial charge in [-0.3, -0.25) is 0 Å². The molecule has 0 saturated carbocycles. The first kappa shape index (κ1) is 12.2. The quantitative estimate of drug-likeness (QED) is 0.802. The Morgan fingerprint density at radius 3 is 2.89 bits per heavy atom. The number of ether oxygens (including phenoxy) is 1. The summed E-state index contributed by atoms with van der Waals surface area (Å²) < 4.78 is 10.3. The van der Waals surface area contributed by atoms with Crippen LogP contribution in [0.4, 0.5) is 0 Å². The summed E-state index contributed by atoms with van der Waals surface area (Å²) in [4.78, 5) is 11.5. The topological polar surface area (TPSA) is 79.9 Å². The smallest absolute Gasteiger partial charge is 0.347 e. The molecule has 1 aromatic heterocycles. The Hall–Kier alpha value is -2.27. The van der Waals surface area contributed by atoms with Gasteiger partial charge in [-0.15, -0.1) is 0 Å². The second-order valence-corrected chi connectivity index (χ2v) is 3.56. The van der Waals surface area contributed by atoms with E-state index < -0.39 is 5.63 Å². The molecule has 0 saturated heterocycles. The molecule has 0 amide bonds. The molecule has 0 aliphatic carbocycles. The Labute approximate surface area is 103 Å². The van der Waals surface area contributed by atoms with Gasteiger partial charge in [0, 0.05) is 0 Å². The largest absolute Gasteiger partial charge is 0.506 e. The average Bonchev–Trinajstić information content (AvgIpc) is 2.36. The van der Waals surface area contributed by atoms with Crippen LogP contribution in [0.5, 0.6) is 11.5 Å². The van der Waals surface area contributed by atoms with E-state index in [2.05, 4.69) is 6.58 Å². The van der Waals surface area contributed by atoms with Gasteiger partial charge in [-0.2, -0.15) is 0 Å². The SMILES string of the molecule is C=Cc1c(O)c2c(OCCO)cccc2oc1=O. The van der Waals surface area contributed by atoms with Crippen molar-refractivity contribution in [2.75, 3.05) is 13.2 Å². The number of hydrogen-bond donors (Lipinski definition) is 2. The lowest BCUT2D eigenvalue weighted by Gasteiger charge is -2.09. The Morgan fingerprint density at radius 1 is 1.44 bits per heavy atom. The van der Waals surface area contributed by atoms with E-state index in [1.165, 1.54) is 6.08 Å². The summed E-state index contributed by atoms with van der Waals surface area (Å²) in [7, 11) is 0. The van der Waals surface area contributed by atoms with Crippen molar-refractivity contribution in [1.82, 2.24) is 0 Å². The van der Waals surface area contributed by atoms with Crippen molar-refractivity contribution in [3.63, 3.8) is 0 Å². The fourth-order valence-electron chi connectivity index (χ4n) is 1.67. The molecule has 0 unspecified atom stereocenters. The number of aliphatic hydroxyl groups excluding tert-OH is 1. The molecule has 5 nitrogen and oxygen atoms in total. The third-order valence-corrected chi connectivity index (χ3v) is 2.46. The molecule has 0 aliphatic heterocycles.